The first-order valence-electron chi connectivity index (χ1n) is 8.64. The van der Waals surface area contributed by atoms with Crippen LogP contribution in [0.15, 0.2) is 78.4 Å². The number of nitrogens with zero attached hydrogens (tertiary/aromatic N) is 3. The van der Waals surface area contributed by atoms with Crippen molar-refractivity contribution in [2.24, 2.45) is 0 Å². The first-order chi connectivity index (χ1) is 13.3. The van der Waals surface area contributed by atoms with Gasteiger partial charge in [-0.15, -0.1) is 11.3 Å². The molecule has 0 aliphatic heterocycles. The molecule has 0 fully saturated rings. The second kappa shape index (κ2) is 7.97. The molecular weight excluding hydrogens is 356 g/mol. The van der Waals surface area contributed by atoms with E-state index < -0.39 is 0 Å². The smallest absolute Gasteiger partial charge is 0.271 e. The van der Waals surface area contributed by atoms with Crippen LogP contribution in [0.2, 0.25) is 0 Å². The SMILES string of the molecule is O=C(NCc1ccccc1-n1cccn1)c1csc(Cc2ccccc2)n1. The molecule has 4 rings (SSSR count). The predicted octanol–water partition coefficient (Wildman–Crippen LogP) is 3.85. The molecule has 2 aromatic heterocycles. The Balaban J connectivity index is 1.42. The van der Waals surface area contributed by atoms with Gasteiger partial charge in [0.2, 0.25) is 0 Å². The van der Waals surface area contributed by atoms with Crippen molar-refractivity contribution in [1.29, 1.82) is 0 Å². The number of nitrogens with one attached hydrogen (secondary N) is 1. The van der Waals surface area contributed by atoms with Crippen LogP contribution in [0.5, 0.6) is 0 Å². The van der Waals surface area contributed by atoms with E-state index in [4.69, 9.17) is 0 Å². The molecule has 0 radical (unpaired) electrons. The quantitative estimate of drug-likeness (QED) is 0.558. The third-order valence-electron chi connectivity index (χ3n) is 4.16. The first-order valence-corrected chi connectivity index (χ1v) is 9.52. The molecule has 6 heteroatoms. The summed E-state index contributed by atoms with van der Waals surface area (Å²) < 4.78 is 1.79. The lowest BCUT2D eigenvalue weighted by molar-refractivity contribution is 0.0946. The molecular formula is C21H18N4OS. The molecule has 2 aromatic carbocycles. The fourth-order valence-electron chi connectivity index (χ4n) is 2.83. The third kappa shape index (κ3) is 4.12. The Morgan fingerprint density at radius 1 is 1.04 bits per heavy atom. The predicted molar refractivity (Wildman–Crippen MR) is 106 cm³/mol. The summed E-state index contributed by atoms with van der Waals surface area (Å²) in [5.41, 5.74) is 3.59. The topological polar surface area (TPSA) is 59.8 Å². The summed E-state index contributed by atoms with van der Waals surface area (Å²) >= 11 is 1.51. The van der Waals surface area contributed by atoms with Crippen molar-refractivity contribution in [1.82, 2.24) is 20.1 Å². The summed E-state index contributed by atoms with van der Waals surface area (Å²) in [7, 11) is 0. The Kier molecular flexibility index (Phi) is 5.07. The molecule has 0 bridgehead atoms. The number of aromatic nitrogens is 3. The van der Waals surface area contributed by atoms with E-state index in [1.54, 1.807) is 10.9 Å². The third-order valence-corrected chi connectivity index (χ3v) is 5.01. The van der Waals surface area contributed by atoms with Crippen LogP contribution in [0.1, 0.15) is 26.6 Å². The first kappa shape index (κ1) is 17.2. The molecule has 0 saturated heterocycles. The van der Waals surface area contributed by atoms with Gasteiger partial charge in [-0.05, 0) is 23.3 Å². The number of amides is 1. The number of thiazole rings is 1. The Morgan fingerprint density at radius 2 is 1.85 bits per heavy atom. The Morgan fingerprint density at radius 3 is 2.67 bits per heavy atom. The van der Waals surface area contributed by atoms with Crippen LogP contribution < -0.4 is 5.32 Å². The highest BCUT2D eigenvalue weighted by Crippen LogP contribution is 2.16. The molecule has 0 aliphatic rings. The van der Waals surface area contributed by atoms with Crippen LogP contribution in [0, 0.1) is 0 Å². The lowest BCUT2D eigenvalue weighted by Crippen LogP contribution is -2.24. The van der Waals surface area contributed by atoms with Gasteiger partial charge in [-0.1, -0.05) is 48.5 Å². The molecule has 0 saturated carbocycles. The molecule has 0 spiro atoms. The highest BCUT2D eigenvalue weighted by atomic mass is 32.1. The molecule has 5 nitrogen and oxygen atoms in total. The zero-order valence-corrected chi connectivity index (χ0v) is 15.4. The molecule has 27 heavy (non-hydrogen) atoms. The van der Waals surface area contributed by atoms with Gasteiger partial charge >= 0.3 is 0 Å². The van der Waals surface area contributed by atoms with Crippen molar-refractivity contribution in [3.05, 3.63) is 100 Å². The van der Waals surface area contributed by atoms with E-state index in [0.717, 1.165) is 22.7 Å². The zero-order chi connectivity index (χ0) is 18.5. The van der Waals surface area contributed by atoms with Crippen LogP contribution in [-0.2, 0) is 13.0 Å². The van der Waals surface area contributed by atoms with Crippen molar-refractivity contribution in [3.63, 3.8) is 0 Å². The minimum atomic E-state index is -0.166. The van der Waals surface area contributed by atoms with Crippen molar-refractivity contribution < 1.29 is 4.79 Å². The summed E-state index contributed by atoms with van der Waals surface area (Å²) in [6.45, 7) is 0.417. The van der Waals surface area contributed by atoms with Gasteiger partial charge in [0.05, 0.1) is 10.7 Å². The Bertz CT molecular complexity index is 1030. The number of para-hydroxylation sites is 1. The summed E-state index contributed by atoms with van der Waals surface area (Å²) in [6.07, 6.45) is 4.36. The van der Waals surface area contributed by atoms with Crippen molar-refractivity contribution in [3.8, 4) is 5.69 Å². The summed E-state index contributed by atoms with van der Waals surface area (Å²) in [5.74, 6) is -0.166. The van der Waals surface area contributed by atoms with Gasteiger partial charge in [-0.3, -0.25) is 4.79 Å². The molecule has 2 heterocycles. The Hall–Kier alpha value is -3.25. The van der Waals surface area contributed by atoms with Crippen molar-refractivity contribution >= 4 is 17.2 Å². The second-order valence-corrected chi connectivity index (χ2v) is 6.99. The molecule has 1 amide bonds. The number of carbonyl (C=O) groups is 1. The van der Waals surface area contributed by atoms with E-state index in [1.165, 1.54) is 16.9 Å². The zero-order valence-electron chi connectivity index (χ0n) is 14.6. The molecule has 0 atom stereocenters. The van der Waals surface area contributed by atoms with E-state index in [9.17, 15) is 4.79 Å². The number of benzene rings is 2. The Labute approximate surface area is 161 Å². The monoisotopic (exact) mass is 374 g/mol. The second-order valence-electron chi connectivity index (χ2n) is 6.05. The summed E-state index contributed by atoms with van der Waals surface area (Å²) in [6, 6.07) is 19.9. The average molecular weight is 374 g/mol. The fourth-order valence-corrected chi connectivity index (χ4v) is 3.64. The van der Waals surface area contributed by atoms with Crippen LogP contribution in [0.25, 0.3) is 5.69 Å². The maximum absolute atomic E-state index is 12.5. The summed E-state index contributed by atoms with van der Waals surface area (Å²) in [4.78, 5) is 17.0. The van der Waals surface area contributed by atoms with Gasteiger partial charge in [-0.2, -0.15) is 5.10 Å². The van der Waals surface area contributed by atoms with Crippen LogP contribution in [-0.4, -0.2) is 20.7 Å². The van der Waals surface area contributed by atoms with Crippen LogP contribution in [0.3, 0.4) is 0 Å². The minimum Gasteiger partial charge on any atom is -0.347 e. The van der Waals surface area contributed by atoms with E-state index in [-0.39, 0.29) is 5.91 Å². The number of rotatable bonds is 6. The molecule has 0 aliphatic carbocycles. The number of carbonyl (C=O) groups excluding carboxylic acids is 1. The highest BCUT2D eigenvalue weighted by molar-refractivity contribution is 7.09. The van der Waals surface area contributed by atoms with E-state index in [0.29, 0.717) is 12.2 Å². The fraction of sp³-hybridized carbons (Fsp3) is 0.0952. The van der Waals surface area contributed by atoms with E-state index in [1.807, 2.05) is 60.1 Å². The average Bonchev–Trinajstić information content (AvgIpc) is 3.39. The van der Waals surface area contributed by atoms with E-state index in [2.05, 4.69) is 27.5 Å². The normalized spacial score (nSPS) is 10.7. The molecule has 0 unspecified atom stereocenters. The van der Waals surface area contributed by atoms with Gasteiger partial charge in [-0.25, -0.2) is 9.67 Å². The largest absolute Gasteiger partial charge is 0.347 e. The maximum atomic E-state index is 12.5. The molecule has 1 N–H and O–H groups in total. The standard InChI is InChI=1S/C21H18N4OS/c26-21(18-15-27-20(24-18)13-16-7-2-1-3-8-16)22-14-17-9-4-5-10-19(17)25-12-6-11-23-25/h1-12,15H,13-14H2,(H,22,26). The van der Waals surface area contributed by atoms with Gasteiger partial charge in [0.15, 0.2) is 0 Å². The molecule has 134 valence electrons. The van der Waals surface area contributed by atoms with Crippen LogP contribution >= 0.6 is 11.3 Å². The lowest BCUT2D eigenvalue weighted by atomic mass is 10.1. The van der Waals surface area contributed by atoms with Crippen molar-refractivity contribution in [2.75, 3.05) is 0 Å². The molecule has 4 aromatic rings. The minimum absolute atomic E-state index is 0.166. The number of hydrogen-bond acceptors (Lipinski definition) is 4. The van der Waals surface area contributed by atoms with E-state index >= 15 is 0 Å². The van der Waals surface area contributed by atoms with Crippen molar-refractivity contribution in [2.45, 2.75) is 13.0 Å². The van der Waals surface area contributed by atoms with Crippen LogP contribution in [0.4, 0.5) is 0 Å². The van der Waals surface area contributed by atoms with Gasteiger partial charge in [0.25, 0.3) is 5.91 Å². The highest BCUT2D eigenvalue weighted by Gasteiger charge is 2.12. The van der Waals surface area contributed by atoms with Gasteiger partial charge in [0, 0.05) is 30.7 Å². The maximum Gasteiger partial charge on any atom is 0.271 e. The van der Waals surface area contributed by atoms with Gasteiger partial charge < -0.3 is 5.32 Å². The summed E-state index contributed by atoms with van der Waals surface area (Å²) in [5, 5.41) is 9.97. The lowest BCUT2D eigenvalue weighted by Gasteiger charge is -2.10. The number of hydrogen-bond donors (Lipinski definition) is 1. The van der Waals surface area contributed by atoms with Gasteiger partial charge in [0.1, 0.15) is 5.69 Å².